The van der Waals surface area contributed by atoms with E-state index < -0.39 is 17.7 Å². The molecule has 0 unspecified atom stereocenters. The van der Waals surface area contributed by atoms with Gasteiger partial charge < -0.3 is 29.0 Å². The minimum absolute atomic E-state index is 0.253. The summed E-state index contributed by atoms with van der Waals surface area (Å²) in [6.07, 6.45) is -0.342. The molecule has 4 rings (SSSR count). The maximum absolute atomic E-state index is 12.3. The molecular weight excluding hydrogens is 645 g/mol. The van der Waals surface area contributed by atoms with E-state index in [2.05, 4.69) is 34.5 Å². The van der Waals surface area contributed by atoms with Crippen molar-refractivity contribution in [2.45, 2.75) is 51.5 Å². The third-order valence-electron chi connectivity index (χ3n) is 6.09. The van der Waals surface area contributed by atoms with Crippen LogP contribution in [-0.4, -0.2) is 31.5 Å². The number of fused-ring (bicyclic) bond motifs is 1. The number of hydrogen-bond acceptors (Lipinski definition) is 6. The van der Waals surface area contributed by atoms with Crippen molar-refractivity contribution in [2.24, 2.45) is 0 Å². The van der Waals surface area contributed by atoms with E-state index in [0.717, 1.165) is 31.0 Å². The van der Waals surface area contributed by atoms with Crippen molar-refractivity contribution in [3.8, 4) is 17.2 Å². The molecule has 3 aromatic carbocycles. The van der Waals surface area contributed by atoms with Gasteiger partial charge in [0.05, 0.1) is 18.2 Å². The van der Waals surface area contributed by atoms with Crippen LogP contribution in [0, 0.1) is 3.57 Å². The predicted molar refractivity (Wildman–Crippen MR) is 163 cm³/mol. The van der Waals surface area contributed by atoms with Crippen molar-refractivity contribution in [2.75, 3.05) is 13.7 Å². The van der Waals surface area contributed by atoms with Crippen LogP contribution in [-0.2, 0) is 22.5 Å². The Kier molecular flexibility index (Phi) is 9.73. The molecule has 0 aliphatic carbocycles. The molecule has 40 heavy (non-hydrogen) atoms. The Labute approximate surface area is 253 Å². The van der Waals surface area contributed by atoms with E-state index in [9.17, 15) is 4.79 Å². The summed E-state index contributed by atoms with van der Waals surface area (Å²) in [5.41, 5.74) is 2.31. The molecule has 1 amide bonds. The number of nitrogens with one attached hydrogen (secondary N) is 1. The van der Waals surface area contributed by atoms with Crippen molar-refractivity contribution in [3.63, 3.8) is 0 Å². The Hall–Kier alpha value is -3.11. The van der Waals surface area contributed by atoms with Crippen molar-refractivity contribution in [1.29, 1.82) is 0 Å². The molecule has 0 fully saturated rings. The molecule has 1 aliphatic heterocycles. The van der Waals surface area contributed by atoms with Gasteiger partial charge in [0.15, 0.2) is 17.6 Å². The van der Waals surface area contributed by atoms with E-state index in [-0.39, 0.29) is 6.10 Å². The second-order valence-electron chi connectivity index (χ2n) is 10.4. The number of carbonyl (C=O) groups excluding carboxylic acids is 1. The van der Waals surface area contributed by atoms with Gasteiger partial charge in [-0.2, -0.15) is 0 Å². The Balaban J connectivity index is 1.36. The molecular formula is C31H33ClINO6. The van der Waals surface area contributed by atoms with Gasteiger partial charge in [-0.1, -0.05) is 42.4 Å². The van der Waals surface area contributed by atoms with Gasteiger partial charge in [0.2, 0.25) is 0 Å². The number of alkyl carbamates (subject to hydrolysis) is 1. The summed E-state index contributed by atoms with van der Waals surface area (Å²) >= 11 is 8.41. The van der Waals surface area contributed by atoms with Crippen LogP contribution in [0.4, 0.5) is 4.79 Å². The normalized spacial score (nSPS) is 15.1. The number of methoxy groups -OCH3 is 1. The second-order valence-corrected chi connectivity index (χ2v) is 11.9. The Bertz CT molecular complexity index is 1350. The second kappa shape index (κ2) is 13.0. The number of benzene rings is 3. The number of amides is 1. The molecule has 212 valence electrons. The third kappa shape index (κ3) is 8.20. The van der Waals surface area contributed by atoms with E-state index >= 15 is 0 Å². The fraction of sp³-hybridized carbons (Fsp3) is 0.323. The van der Waals surface area contributed by atoms with Crippen molar-refractivity contribution >= 4 is 40.3 Å². The molecule has 1 N–H and O–H groups in total. The zero-order valence-electron chi connectivity index (χ0n) is 23.0. The topological polar surface area (TPSA) is 75.3 Å². The highest BCUT2D eigenvalue weighted by Gasteiger charge is 2.25. The summed E-state index contributed by atoms with van der Waals surface area (Å²) in [6, 6.07) is 18.9. The molecule has 9 heteroatoms. The zero-order valence-corrected chi connectivity index (χ0v) is 25.9. The number of rotatable bonds is 9. The molecule has 1 heterocycles. The van der Waals surface area contributed by atoms with Crippen LogP contribution in [0.25, 0.3) is 0 Å². The summed E-state index contributed by atoms with van der Waals surface area (Å²) in [5, 5.41) is 3.55. The van der Waals surface area contributed by atoms with Gasteiger partial charge >= 0.3 is 6.09 Å². The van der Waals surface area contributed by atoms with Crippen molar-refractivity contribution in [1.82, 2.24) is 5.32 Å². The van der Waals surface area contributed by atoms with Crippen LogP contribution in [0.3, 0.4) is 0 Å². The smallest absolute Gasteiger partial charge is 0.408 e. The first-order valence-electron chi connectivity index (χ1n) is 12.8. The molecule has 1 aliphatic rings. The lowest BCUT2D eigenvalue weighted by Crippen LogP contribution is -2.41. The van der Waals surface area contributed by atoms with Crippen LogP contribution in [0.15, 0.2) is 73.0 Å². The lowest BCUT2D eigenvalue weighted by molar-refractivity contribution is 0.0497. The van der Waals surface area contributed by atoms with Crippen molar-refractivity contribution < 1.29 is 28.5 Å². The van der Waals surface area contributed by atoms with Gasteiger partial charge in [-0.05, 0) is 96.5 Å². The standard InChI is InChI=1S/C31H33ClINO6/c1-19(36-5)26(34-30(35)40-31(2,3)4)15-20-7-13-27-28(16-20)38-18-29(39-27)22-8-10-23(11-9-22)37-17-21-6-12-25(33)24(32)14-21/h6-14,16,26,29H,1,15,17-18H2,2-5H3,(H,34,35)/t26-,29-/m0/s1. The van der Waals surface area contributed by atoms with E-state index in [1.807, 2.05) is 81.4 Å². The molecule has 2 atom stereocenters. The van der Waals surface area contributed by atoms with Crippen LogP contribution >= 0.6 is 34.2 Å². The molecule has 0 saturated carbocycles. The Morgan fingerprint density at radius 3 is 2.50 bits per heavy atom. The monoisotopic (exact) mass is 677 g/mol. The third-order valence-corrected chi connectivity index (χ3v) is 7.66. The first-order valence-corrected chi connectivity index (χ1v) is 14.3. The zero-order chi connectivity index (χ0) is 28.9. The number of ether oxygens (including phenoxy) is 5. The Morgan fingerprint density at radius 2 is 1.82 bits per heavy atom. The summed E-state index contributed by atoms with van der Waals surface area (Å²) in [6.45, 7) is 10.2. The fourth-order valence-electron chi connectivity index (χ4n) is 4.05. The first-order chi connectivity index (χ1) is 19.0. The highest BCUT2D eigenvalue weighted by atomic mass is 127. The van der Waals surface area contributed by atoms with Gasteiger partial charge in [-0.25, -0.2) is 4.79 Å². The minimum Gasteiger partial charge on any atom is -0.500 e. The summed E-state index contributed by atoms with van der Waals surface area (Å²) in [4.78, 5) is 12.3. The lowest BCUT2D eigenvalue weighted by Gasteiger charge is -2.28. The van der Waals surface area contributed by atoms with E-state index in [4.69, 9.17) is 35.3 Å². The van der Waals surface area contributed by atoms with Gasteiger partial charge in [0, 0.05) is 9.99 Å². The maximum Gasteiger partial charge on any atom is 0.408 e. The molecule has 0 saturated heterocycles. The molecule has 0 aromatic heterocycles. The largest absolute Gasteiger partial charge is 0.500 e. The number of carbonyl (C=O) groups is 1. The molecule has 0 spiro atoms. The average Bonchev–Trinajstić information content (AvgIpc) is 2.92. The van der Waals surface area contributed by atoms with Crippen LogP contribution < -0.4 is 19.5 Å². The molecule has 7 nitrogen and oxygen atoms in total. The molecule has 0 radical (unpaired) electrons. The van der Waals surface area contributed by atoms with Crippen LogP contribution in [0.5, 0.6) is 17.2 Å². The quantitative estimate of drug-likeness (QED) is 0.186. The van der Waals surface area contributed by atoms with Crippen molar-refractivity contribution in [3.05, 3.63) is 98.3 Å². The highest BCUT2D eigenvalue weighted by Crippen LogP contribution is 2.37. The Morgan fingerprint density at radius 1 is 1.10 bits per heavy atom. The minimum atomic E-state index is -0.611. The SMILES string of the molecule is C=C(OC)[C@H](Cc1ccc2c(c1)OC[C@@H](c1ccc(OCc3ccc(I)c(Cl)c3)cc1)O2)NC(=O)OC(C)(C)C. The van der Waals surface area contributed by atoms with Gasteiger partial charge in [0.25, 0.3) is 0 Å². The summed E-state index contributed by atoms with van der Waals surface area (Å²) in [5.74, 6) is 2.48. The van der Waals surface area contributed by atoms with E-state index in [1.165, 1.54) is 7.11 Å². The molecule has 3 aromatic rings. The van der Waals surface area contributed by atoms with Gasteiger partial charge in [-0.15, -0.1) is 0 Å². The number of hydrogen-bond donors (Lipinski definition) is 1. The lowest BCUT2D eigenvalue weighted by atomic mass is 10.0. The van der Waals surface area contributed by atoms with Gasteiger partial charge in [0.1, 0.15) is 30.3 Å². The predicted octanol–water partition coefficient (Wildman–Crippen LogP) is 7.63. The summed E-state index contributed by atoms with van der Waals surface area (Å²) < 4.78 is 29.9. The van der Waals surface area contributed by atoms with Gasteiger partial charge in [-0.3, -0.25) is 0 Å². The first kappa shape index (κ1) is 29.9. The highest BCUT2D eigenvalue weighted by molar-refractivity contribution is 14.1. The maximum atomic E-state index is 12.3. The summed E-state index contributed by atoms with van der Waals surface area (Å²) in [7, 11) is 1.52. The number of halogens is 2. The average molecular weight is 678 g/mol. The van der Waals surface area contributed by atoms with Crippen LogP contribution in [0.1, 0.15) is 43.6 Å². The van der Waals surface area contributed by atoms with E-state index in [1.54, 1.807) is 0 Å². The molecule has 0 bridgehead atoms. The fourth-order valence-corrected chi connectivity index (χ4v) is 4.59. The van der Waals surface area contributed by atoms with E-state index in [0.29, 0.717) is 36.9 Å². The van der Waals surface area contributed by atoms with Crippen LogP contribution in [0.2, 0.25) is 5.02 Å².